The molecule has 0 fully saturated rings. The molecule has 2 rings (SSSR count). The van der Waals surface area contributed by atoms with E-state index in [1.807, 2.05) is 26.0 Å². The van der Waals surface area contributed by atoms with Crippen molar-refractivity contribution in [3.63, 3.8) is 0 Å². The SMILES string of the molecule is CC(C)C[C@H](NC(=O)OC(C)(C)C)c1nc(C(=O)NCCc2ccc(C(=N)N)cc2)co1. The molecular weight excluding hydrogens is 410 g/mol. The maximum atomic E-state index is 12.5. The molecule has 174 valence electrons. The van der Waals surface area contributed by atoms with Crippen LogP contribution >= 0.6 is 0 Å². The first-order chi connectivity index (χ1) is 14.9. The lowest BCUT2D eigenvalue weighted by Gasteiger charge is -2.23. The lowest BCUT2D eigenvalue weighted by molar-refractivity contribution is 0.0489. The van der Waals surface area contributed by atoms with Gasteiger partial charge in [0.1, 0.15) is 23.7 Å². The first-order valence-electron chi connectivity index (χ1n) is 10.6. The number of alkyl carbamates (subject to hydrolysis) is 1. The molecule has 1 aromatic carbocycles. The summed E-state index contributed by atoms with van der Waals surface area (Å²) < 4.78 is 10.8. The average molecular weight is 444 g/mol. The van der Waals surface area contributed by atoms with E-state index in [1.165, 1.54) is 6.26 Å². The summed E-state index contributed by atoms with van der Waals surface area (Å²) in [6.45, 7) is 9.80. The van der Waals surface area contributed by atoms with Crippen LogP contribution in [0.1, 0.15) is 74.6 Å². The van der Waals surface area contributed by atoms with Gasteiger partial charge in [-0.3, -0.25) is 10.2 Å². The van der Waals surface area contributed by atoms with Crippen LogP contribution in [0.25, 0.3) is 0 Å². The summed E-state index contributed by atoms with van der Waals surface area (Å²) in [4.78, 5) is 28.9. The molecule has 9 heteroatoms. The van der Waals surface area contributed by atoms with Crippen molar-refractivity contribution >= 4 is 17.8 Å². The molecule has 2 aromatic rings. The minimum Gasteiger partial charge on any atom is -0.446 e. The molecule has 0 saturated carbocycles. The van der Waals surface area contributed by atoms with E-state index in [1.54, 1.807) is 32.9 Å². The summed E-state index contributed by atoms with van der Waals surface area (Å²) in [5.74, 6) is 0.174. The molecule has 1 atom stereocenters. The Morgan fingerprint density at radius 3 is 2.44 bits per heavy atom. The smallest absolute Gasteiger partial charge is 0.408 e. The van der Waals surface area contributed by atoms with Crippen LogP contribution in [0, 0.1) is 11.3 Å². The molecule has 0 unspecified atom stereocenters. The zero-order valence-corrected chi connectivity index (χ0v) is 19.3. The van der Waals surface area contributed by atoms with E-state index in [2.05, 4.69) is 15.6 Å². The molecule has 0 bridgehead atoms. The number of nitrogens with zero attached hydrogens (tertiary/aromatic N) is 1. The number of carbonyl (C=O) groups excluding carboxylic acids is 2. The van der Waals surface area contributed by atoms with Gasteiger partial charge in [0.25, 0.3) is 5.91 Å². The van der Waals surface area contributed by atoms with Crippen molar-refractivity contribution in [3.05, 3.63) is 53.2 Å². The molecule has 0 saturated heterocycles. The van der Waals surface area contributed by atoms with Gasteiger partial charge in [-0.1, -0.05) is 38.1 Å². The fourth-order valence-corrected chi connectivity index (χ4v) is 2.96. The maximum Gasteiger partial charge on any atom is 0.408 e. The predicted octanol–water partition coefficient (Wildman–Crippen LogP) is 3.54. The van der Waals surface area contributed by atoms with Gasteiger partial charge in [-0.25, -0.2) is 9.78 Å². The topological polar surface area (TPSA) is 143 Å². The summed E-state index contributed by atoms with van der Waals surface area (Å²) in [6, 6.07) is 6.78. The van der Waals surface area contributed by atoms with Crippen LogP contribution in [-0.4, -0.2) is 35.0 Å². The van der Waals surface area contributed by atoms with Crippen LogP contribution < -0.4 is 16.4 Å². The molecule has 9 nitrogen and oxygen atoms in total. The van der Waals surface area contributed by atoms with E-state index < -0.39 is 17.7 Å². The number of ether oxygens (including phenoxy) is 1. The Bertz CT molecular complexity index is 929. The predicted molar refractivity (Wildman–Crippen MR) is 122 cm³/mol. The standard InChI is InChI=1S/C23H33N5O4/c1-14(2)12-17(28-22(30)32-23(3,4)5)21-27-18(13-31-21)20(29)26-11-10-15-6-8-16(9-7-15)19(24)25/h6-9,13-14,17H,10-12H2,1-5H3,(H3,24,25)(H,26,29)(H,28,30)/t17-/m0/s1. The second-order valence-corrected chi connectivity index (χ2v) is 9.02. The molecule has 2 amide bonds. The number of carbonyl (C=O) groups is 2. The number of amides is 2. The Kier molecular flexibility index (Phi) is 8.40. The summed E-state index contributed by atoms with van der Waals surface area (Å²) in [5.41, 5.74) is 6.64. The van der Waals surface area contributed by atoms with Crippen LogP contribution in [0.5, 0.6) is 0 Å². The lowest BCUT2D eigenvalue weighted by atomic mass is 10.0. The zero-order chi connectivity index (χ0) is 23.9. The summed E-state index contributed by atoms with van der Waals surface area (Å²) in [7, 11) is 0. The highest BCUT2D eigenvalue weighted by molar-refractivity contribution is 5.94. The Balaban J connectivity index is 1.95. The Hall–Kier alpha value is -3.36. The number of rotatable bonds is 9. The minimum atomic E-state index is -0.625. The molecule has 0 aliphatic heterocycles. The third-order valence-electron chi connectivity index (χ3n) is 4.41. The third kappa shape index (κ3) is 8.05. The van der Waals surface area contributed by atoms with Crippen molar-refractivity contribution in [2.45, 2.75) is 59.1 Å². The quantitative estimate of drug-likeness (QED) is 0.345. The molecule has 0 aliphatic carbocycles. The monoisotopic (exact) mass is 443 g/mol. The van der Waals surface area contributed by atoms with Crippen LogP contribution in [0.4, 0.5) is 4.79 Å². The van der Waals surface area contributed by atoms with Crippen LogP contribution in [0.2, 0.25) is 0 Å². The van der Waals surface area contributed by atoms with Gasteiger partial charge >= 0.3 is 6.09 Å². The Labute approximate surface area is 188 Å². The Morgan fingerprint density at radius 1 is 1.22 bits per heavy atom. The van der Waals surface area contributed by atoms with Crippen LogP contribution in [0.3, 0.4) is 0 Å². The van der Waals surface area contributed by atoms with Crippen molar-refractivity contribution in [1.29, 1.82) is 5.41 Å². The molecule has 1 aromatic heterocycles. The van der Waals surface area contributed by atoms with Crippen molar-refractivity contribution in [2.75, 3.05) is 6.54 Å². The van der Waals surface area contributed by atoms with Gasteiger partial charge in [-0.05, 0) is 45.1 Å². The van der Waals surface area contributed by atoms with Crippen molar-refractivity contribution in [2.24, 2.45) is 11.7 Å². The van der Waals surface area contributed by atoms with Crippen LogP contribution in [-0.2, 0) is 11.2 Å². The zero-order valence-electron chi connectivity index (χ0n) is 19.3. The Morgan fingerprint density at radius 2 is 1.88 bits per heavy atom. The van der Waals surface area contributed by atoms with Gasteiger partial charge in [-0.2, -0.15) is 0 Å². The molecule has 0 radical (unpaired) electrons. The van der Waals surface area contributed by atoms with Gasteiger partial charge < -0.3 is 25.5 Å². The molecule has 0 aliphatic rings. The van der Waals surface area contributed by atoms with Gasteiger partial charge in [0.15, 0.2) is 5.69 Å². The highest BCUT2D eigenvalue weighted by Gasteiger charge is 2.25. The van der Waals surface area contributed by atoms with Gasteiger partial charge in [-0.15, -0.1) is 0 Å². The number of nitrogens with one attached hydrogen (secondary N) is 3. The number of oxazole rings is 1. The fourth-order valence-electron chi connectivity index (χ4n) is 2.96. The number of aromatic nitrogens is 1. The first kappa shape index (κ1) is 24.9. The van der Waals surface area contributed by atoms with Gasteiger partial charge in [0.05, 0.1) is 0 Å². The molecule has 0 spiro atoms. The third-order valence-corrected chi connectivity index (χ3v) is 4.41. The molecule has 32 heavy (non-hydrogen) atoms. The minimum absolute atomic E-state index is 0.0172. The number of hydrogen-bond donors (Lipinski definition) is 4. The first-order valence-corrected chi connectivity index (χ1v) is 10.6. The molecular formula is C23H33N5O4. The number of hydrogen-bond acceptors (Lipinski definition) is 6. The second kappa shape index (κ2) is 10.8. The normalized spacial score (nSPS) is 12.3. The second-order valence-electron chi connectivity index (χ2n) is 9.02. The van der Waals surface area contributed by atoms with Crippen molar-refractivity contribution in [1.82, 2.24) is 15.6 Å². The van der Waals surface area contributed by atoms with Crippen molar-refractivity contribution in [3.8, 4) is 0 Å². The number of nitrogens with two attached hydrogens (primary N) is 1. The van der Waals surface area contributed by atoms with E-state index in [0.717, 1.165) is 5.56 Å². The fraction of sp³-hybridized carbons (Fsp3) is 0.478. The highest BCUT2D eigenvalue weighted by Crippen LogP contribution is 2.22. The molecule has 1 heterocycles. The lowest BCUT2D eigenvalue weighted by Crippen LogP contribution is -2.35. The average Bonchev–Trinajstić information content (AvgIpc) is 3.16. The summed E-state index contributed by atoms with van der Waals surface area (Å²) in [5, 5.41) is 13.0. The van der Waals surface area contributed by atoms with E-state index in [9.17, 15) is 9.59 Å². The van der Waals surface area contributed by atoms with E-state index in [-0.39, 0.29) is 29.2 Å². The molecule has 5 N–H and O–H groups in total. The number of nitrogen functional groups attached to an aromatic ring is 1. The van der Waals surface area contributed by atoms with Gasteiger partial charge in [0, 0.05) is 12.1 Å². The van der Waals surface area contributed by atoms with Crippen LogP contribution in [0.15, 0.2) is 34.9 Å². The maximum absolute atomic E-state index is 12.5. The number of benzene rings is 1. The summed E-state index contributed by atoms with van der Waals surface area (Å²) >= 11 is 0. The van der Waals surface area contributed by atoms with E-state index in [0.29, 0.717) is 24.9 Å². The highest BCUT2D eigenvalue weighted by atomic mass is 16.6. The number of amidine groups is 1. The largest absolute Gasteiger partial charge is 0.446 e. The van der Waals surface area contributed by atoms with Gasteiger partial charge in [0.2, 0.25) is 5.89 Å². The summed E-state index contributed by atoms with van der Waals surface area (Å²) in [6.07, 6.45) is 1.92. The van der Waals surface area contributed by atoms with Crippen molar-refractivity contribution < 1.29 is 18.7 Å². The van der Waals surface area contributed by atoms with E-state index >= 15 is 0 Å². The van der Waals surface area contributed by atoms with E-state index in [4.69, 9.17) is 20.3 Å².